The number of hydrogen-bond acceptors (Lipinski definition) is 2. The van der Waals surface area contributed by atoms with Gasteiger partial charge >= 0.3 is 0 Å². The van der Waals surface area contributed by atoms with E-state index in [4.69, 9.17) is 16.3 Å². The quantitative estimate of drug-likeness (QED) is 0.812. The van der Waals surface area contributed by atoms with Crippen LogP contribution in [0.3, 0.4) is 0 Å². The highest BCUT2D eigenvalue weighted by atomic mass is 79.9. The van der Waals surface area contributed by atoms with Crippen LogP contribution >= 0.6 is 27.5 Å². The number of aliphatic imine (C=N–C) groups is 1. The molecule has 86 valence electrons. The molecule has 4 heteroatoms. The first-order valence-corrected chi connectivity index (χ1v) is 6.41. The summed E-state index contributed by atoms with van der Waals surface area (Å²) < 4.78 is 6.57. The normalized spacial score (nSPS) is 19.8. The van der Waals surface area contributed by atoms with Crippen LogP contribution in [-0.4, -0.2) is 18.5 Å². The van der Waals surface area contributed by atoms with E-state index in [2.05, 4.69) is 34.8 Å². The predicted octanol–water partition coefficient (Wildman–Crippen LogP) is 3.90. The molecule has 0 fully saturated rings. The van der Waals surface area contributed by atoms with Gasteiger partial charge in [-0.05, 0) is 24.1 Å². The first-order chi connectivity index (χ1) is 7.58. The Bertz CT molecular complexity index is 431. The fourth-order valence-corrected chi connectivity index (χ4v) is 2.10. The van der Waals surface area contributed by atoms with Crippen molar-refractivity contribution in [2.45, 2.75) is 19.9 Å². The molecule has 0 saturated heterocycles. The summed E-state index contributed by atoms with van der Waals surface area (Å²) in [7, 11) is 0. The number of nitrogens with zero attached hydrogens (tertiary/aromatic N) is 1. The Morgan fingerprint density at radius 3 is 2.88 bits per heavy atom. The molecule has 0 radical (unpaired) electrons. The van der Waals surface area contributed by atoms with Crippen LogP contribution in [0, 0.1) is 5.92 Å². The summed E-state index contributed by atoms with van der Waals surface area (Å²) >= 11 is 9.54. The van der Waals surface area contributed by atoms with Crippen LogP contribution in [0.4, 0.5) is 0 Å². The number of hydrogen-bond donors (Lipinski definition) is 0. The first-order valence-electron chi connectivity index (χ1n) is 5.24. The van der Waals surface area contributed by atoms with Gasteiger partial charge in [-0.3, -0.25) is 0 Å². The largest absolute Gasteiger partial charge is 0.475 e. The molecule has 0 N–H and O–H groups in total. The zero-order chi connectivity index (χ0) is 11.7. The number of benzene rings is 1. The van der Waals surface area contributed by atoms with Gasteiger partial charge in [-0.15, -0.1) is 0 Å². The van der Waals surface area contributed by atoms with Crippen molar-refractivity contribution in [3.8, 4) is 0 Å². The topological polar surface area (TPSA) is 21.6 Å². The van der Waals surface area contributed by atoms with E-state index in [1.807, 2.05) is 18.2 Å². The zero-order valence-corrected chi connectivity index (χ0v) is 11.5. The van der Waals surface area contributed by atoms with Gasteiger partial charge in [-0.25, -0.2) is 4.99 Å². The van der Waals surface area contributed by atoms with E-state index >= 15 is 0 Å². The first kappa shape index (κ1) is 11.9. The van der Waals surface area contributed by atoms with Gasteiger partial charge in [0.2, 0.25) is 5.90 Å². The molecule has 1 aliphatic heterocycles. The zero-order valence-electron chi connectivity index (χ0n) is 9.21. The van der Waals surface area contributed by atoms with Crippen molar-refractivity contribution in [1.29, 1.82) is 0 Å². The molecule has 0 amide bonds. The number of halogens is 2. The molecular formula is C12H13BrClNO. The molecule has 0 bridgehead atoms. The fraction of sp³-hybridized carbons (Fsp3) is 0.417. The predicted molar refractivity (Wildman–Crippen MR) is 70.3 cm³/mol. The lowest BCUT2D eigenvalue weighted by atomic mass is 10.1. The van der Waals surface area contributed by atoms with Crippen molar-refractivity contribution in [3.63, 3.8) is 0 Å². The van der Waals surface area contributed by atoms with E-state index in [-0.39, 0.29) is 6.04 Å². The Morgan fingerprint density at radius 1 is 1.50 bits per heavy atom. The molecule has 1 aromatic carbocycles. The number of rotatable bonds is 2. The Morgan fingerprint density at radius 2 is 2.25 bits per heavy atom. The van der Waals surface area contributed by atoms with Crippen LogP contribution in [0.1, 0.15) is 19.4 Å². The maximum atomic E-state index is 6.12. The van der Waals surface area contributed by atoms with Crippen LogP contribution in [0.15, 0.2) is 27.7 Å². The Hall–Kier alpha value is -0.540. The van der Waals surface area contributed by atoms with Gasteiger partial charge < -0.3 is 4.74 Å². The van der Waals surface area contributed by atoms with E-state index in [1.54, 1.807) is 0 Å². The van der Waals surface area contributed by atoms with Crippen molar-refractivity contribution in [3.05, 3.63) is 33.3 Å². The standard InChI is InChI=1S/C12H13BrClNO/c1-7(2)11-6-16-12(15-11)9-5-8(13)3-4-10(9)14/h3-5,7,11H,6H2,1-2H3. The summed E-state index contributed by atoms with van der Waals surface area (Å²) in [6.07, 6.45) is 0. The lowest BCUT2D eigenvalue weighted by Gasteiger charge is -2.06. The van der Waals surface area contributed by atoms with Crippen LogP contribution in [0.5, 0.6) is 0 Å². The van der Waals surface area contributed by atoms with Gasteiger partial charge in [-0.1, -0.05) is 41.4 Å². The maximum Gasteiger partial charge on any atom is 0.218 e. The molecule has 1 aromatic rings. The van der Waals surface area contributed by atoms with Crippen LogP contribution in [-0.2, 0) is 4.74 Å². The summed E-state index contributed by atoms with van der Waals surface area (Å²) in [5, 5.41) is 0.673. The Balaban J connectivity index is 2.32. The smallest absolute Gasteiger partial charge is 0.218 e. The highest BCUT2D eigenvalue weighted by Gasteiger charge is 2.24. The highest BCUT2D eigenvalue weighted by molar-refractivity contribution is 9.10. The summed E-state index contributed by atoms with van der Waals surface area (Å²) in [4.78, 5) is 4.55. The van der Waals surface area contributed by atoms with Gasteiger partial charge in [-0.2, -0.15) is 0 Å². The second-order valence-corrected chi connectivity index (χ2v) is 5.50. The van der Waals surface area contributed by atoms with Crippen molar-refractivity contribution in [2.24, 2.45) is 10.9 Å². The van der Waals surface area contributed by atoms with Gasteiger partial charge in [0.05, 0.1) is 16.6 Å². The average Bonchev–Trinajstić information content (AvgIpc) is 2.70. The highest BCUT2D eigenvalue weighted by Crippen LogP contribution is 2.25. The van der Waals surface area contributed by atoms with Crippen molar-refractivity contribution < 1.29 is 4.74 Å². The molecular weight excluding hydrogens is 289 g/mol. The molecule has 0 aliphatic carbocycles. The Kier molecular flexibility index (Phi) is 3.55. The molecule has 1 unspecified atom stereocenters. The van der Waals surface area contributed by atoms with Gasteiger partial charge in [0.1, 0.15) is 6.61 Å². The third-order valence-electron chi connectivity index (χ3n) is 2.60. The van der Waals surface area contributed by atoms with E-state index in [0.717, 1.165) is 10.0 Å². The van der Waals surface area contributed by atoms with E-state index in [0.29, 0.717) is 23.4 Å². The molecule has 1 atom stereocenters. The monoisotopic (exact) mass is 301 g/mol. The molecule has 2 rings (SSSR count). The third-order valence-corrected chi connectivity index (χ3v) is 3.43. The Labute approximate surface area is 109 Å². The summed E-state index contributed by atoms with van der Waals surface area (Å²) in [6.45, 7) is 4.93. The SMILES string of the molecule is CC(C)C1COC(c2cc(Br)ccc2Cl)=N1. The minimum atomic E-state index is 0.241. The van der Waals surface area contributed by atoms with Crippen LogP contribution < -0.4 is 0 Å². The van der Waals surface area contributed by atoms with Gasteiger partial charge in [0, 0.05) is 4.47 Å². The third kappa shape index (κ3) is 2.41. The second-order valence-electron chi connectivity index (χ2n) is 4.18. The molecule has 16 heavy (non-hydrogen) atoms. The second kappa shape index (κ2) is 4.76. The lowest BCUT2D eigenvalue weighted by molar-refractivity contribution is 0.292. The van der Waals surface area contributed by atoms with E-state index < -0.39 is 0 Å². The van der Waals surface area contributed by atoms with E-state index in [9.17, 15) is 0 Å². The van der Waals surface area contributed by atoms with Gasteiger partial charge in [0.15, 0.2) is 0 Å². The average molecular weight is 303 g/mol. The van der Waals surface area contributed by atoms with Crippen LogP contribution in [0.2, 0.25) is 5.02 Å². The van der Waals surface area contributed by atoms with Crippen molar-refractivity contribution >= 4 is 33.4 Å². The molecule has 0 aromatic heterocycles. The van der Waals surface area contributed by atoms with Crippen LogP contribution in [0.25, 0.3) is 0 Å². The summed E-state index contributed by atoms with van der Waals surface area (Å²) in [5.74, 6) is 1.15. The minimum absolute atomic E-state index is 0.241. The van der Waals surface area contributed by atoms with E-state index in [1.165, 1.54) is 0 Å². The van der Waals surface area contributed by atoms with Crippen molar-refractivity contribution in [2.75, 3.05) is 6.61 Å². The minimum Gasteiger partial charge on any atom is -0.475 e. The lowest BCUT2D eigenvalue weighted by Crippen LogP contribution is -2.13. The maximum absolute atomic E-state index is 6.12. The number of ether oxygens (including phenoxy) is 1. The fourth-order valence-electron chi connectivity index (χ4n) is 1.54. The molecule has 0 spiro atoms. The summed E-state index contributed by atoms with van der Waals surface area (Å²) in [5.41, 5.74) is 0.860. The molecule has 1 heterocycles. The summed E-state index contributed by atoms with van der Waals surface area (Å²) in [6, 6.07) is 5.92. The van der Waals surface area contributed by atoms with Gasteiger partial charge in [0.25, 0.3) is 0 Å². The molecule has 0 saturated carbocycles. The molecule has 1 aliphatic rings. The molecule has 2 nitrogen and oxygen atoms in total. The van der Waals surface area contributed by atoms with Crippen molar-refractivity contribution in [1.82, 2.24) is 0 Å².